The van der Waals surface area contributed by atoms with Gasteiger partial charge in [-0.05, 0) is 24.3 Å². The van der Waals surface area contributed by atoms with E-state index < -0.39 is 6.10 Å². The van der Waals surface area contributed by atoms with Crippen LogP contribution in [0.2, 0.25) is 0 Å². The zero-order valence-electron chi connectivity index (χ0n) is 13.8. The lowest BCUT2D eigenvalue weighted by Gasteiger charge is -2.15. The molecule has 0 radical (unpaired) electrons. The molecule has 24 heavy (non-hydrogen) atoms. The first-order valence-corrected chi connectivity index (χ1v) is 8.05. The van der Waals surface area contributed by atoms with E-state index in [-0.39, 0.29) is 12.0 Å². The van der Waals surface area contributed by atoms with Crippen LogP contribution in [-0.4, -0.2) is 30.4 Å². The predicted molar refractivity (Wildman–Crippen MR) is 94.6 cm³/mol. The topological polar surface area (TPSA) is 71.7 Å². The summed E-state index contributed by atoms with van der Waals surface area (Å²) in [7, 11) is 0. The van der Waals surface area contributed by atoms with Gasteiger partial charge in [0.15, 0.2) is 11.3 Å². The highest BCUT2D eigenvalue weighted by Gasteiger charge is 2.13. The fraction of sp³-hybridized carbons (Fsp3) is 0.316. The van der Waals surface area contributed by atoms with Gasteiger partial charge in [0, 0.05) is 12.6 Å². The van der Waals surface area contributed by atoms with Crippen molar-refractivity contribution in [3.63, 3.8) is 0 Å². The minimum atomic E-state index is -0.644. The molecule has 0 aliphatic carbocycles. The lowest BCUT2D eigenvalue weighted by Crippen LogP contribution is -2.35. The van der Waals surface area contributed by atoms with Crippen molar-refractivity contribution < 1.29 is 14.3 Å². The highest BCUT2D eigenvalue weighted by atomic mass is 16.5. The number of nitrogens with one attached hydrogen (secondary N) is 1. The Hall–Kier alpha value is -2.37. The first-order valence-electron chi connectivity index (χ1n) is 8.05. The molecule has 0 bridgehead atoms. The summed E-state index contributed by atoms with van der Waals surface area (Å²) >= 11 is 0. The summed E-state index contributed by atoms with van der Waals surface area (Å²) in [6, 6.07) is 12.6. The summed E-state index contributed by atoms with van der Waals surface area (Å²) in [5.74, 6) is 0.457. The maximum atomic E-state index is 12.6. The molecule has 0 aliphatic rings. The van der Waals surface area contributed by atoms with Gasteiger partial charge in [-0.25, -0.2) is 0 Å². The van der Waals surface area contributed by atoms with Gasteiger partial charge in [0.05, 0.1) is 10.8 Å². The molecule has 2 N–H and O–H groups in total. The molecule has 5 nitrogen and oxygen atoms in total. The fourth-order valence-corrected chi connectivity index (χ4v) is 2.53. The van der Waals surface area contributed by atoms with Crippen LogP contribution in [0.4, 0.5) is 0 Å². The summed E-state index contributed by atoms with van der Waals surface area (Å²) < 4.78 is 11.6. The SMILES string of the molecule is CC(C)NCC(O)COc1cccc2c(=O)c3ccccc3oc12. The Balaban J connectivity index is 1.90. The van der Waals surface area contributed by atoms with Crippen LogP contribution in [0.1, 0.15) is 13.8 Å². The normalized spacial score (nSPS) is 12.8. The van der Waals surface area contributed by atoms with Gasteiger partial charge in [-0.3, -0.25) is 4.79 Å². The Morgan fingerprint density at radius 3 is 2.67 bits per heavy atom. The molecule has 1 atom stereocenters. The van der Waals surface area contributed by atoms with Crippen LogP contribution in [0.25, 0.3) is 21.9 Å². The van der Waals surface area contributed by atoms with Crippen molar-refractivity contribution in [3.8, 4) is 5.75 Å². The van der Waals surface area contributed by atoms with Gasteiger partial charge in [-0.15, -0.1) is 0 Å². The van der Waals surface area contributed by atoms with Crippen molar-refractivity contribution in [1.82, 2.24) is 5.32 Å². The minimum absolute atomic E-state index is 0.0840. The number of hydrogen-bond donors (Lipinski definition) is 2. The molecule has 0 amide bonds. The van der Waals surface area contributed by atoms with Crippen molar-refractivity contribution in [2.24, 2.45) is 0 Å². The van der Waals surface area contributed by atoms with Gasteiger partial charge in [-0.1, -0.05) is 32.0 Å². The average Bonchev–Trinajstić information content (AvgIpc) is 2.58. The van der Waals surface area contributed by atoms with Crippen LogP contribution in [0, 0.1) is 0 Å². The largest absolute Gasteiger partial charge is 0.487 e. The molecule has 0 spiro atoms. The monoisotopic (exact) mass is 327 g/mol. The van der Waals surface area contributed by atoms with Crippen LogP contribution in [-0.2, 0) is 0 Å². The second-order valence-corrected chi connectivity index (χ2v) is 6.09. The van der Waals surface area contributed by atoms with Crippen LogP contribution in [0.5, 0.6) is 5.75 Å². The van der Waals surface area contributed by atoms with Crippen LogP contribution in [0.3, 0.4) is 0 Å². The van der Waals surface area contributed by atoms with Gasteiger partial charge in [0.25, 0.3) is 0 Å². The number of aliphatic hydroxyl groups excluding tert-OH is 1. The summed E-state index contributed by atoms with van der Waals surface area (Å²) in [6.45, 7) is 4.58. The molecule has 0 saturated heterocycles. The first kappa shape index (κ1) is 16.5. The molecule has 0 saturated carbocycles. The van der Waals surface area contributed by atoms with Crippen LogP contribution < -0.4 is 15.5 Å². The molecule has 0 fully saturated rings. The Morgan fingerprint density at radius 2 is 1.88 bits per heavy atom. The van der Waals surface area contributed by atoms with E-state index in [0.29, 0.717) is 40.3 Å². The van der Waals surface area contributed by atoms with E-state index >= 15 is 0 Å². The number of fused-ring (bicyclic) bond motifs is 2. The van der Waals surface area contributed by atoms with Crippen molar-refractivity contribution in [2.45, 2.75) is 26.0 Å². The van der Waals surface area contributed by atoms with Gasteiger partial charge in [0.1, 0.15) is 18.3 Å². The average molecular weight is 327 g/mol. The van der Waals surface area contributed by atoms with Crippen molar-refractivity contribution >= 4 is 21.9 Å². The first-order chi connectivity index (χ1) is 11.6. The predicted octanol–water partition coefficient (Wildman–Crippen LogP) is 2.68. The molecule has 5 heteroatoms. The van der Waals surface area contributed by atoms with E-state index in [2.05, 4.69) is 5.32 Å². The number of aliphatic hydroxyl groups is 1. The number of para-hydroxylation sites is 2. The summed E-state index contributed by atoms with van der Waals surface area (Å²) in [4.78, 5) is 12.6. The van der Waals surface area contributed by atoms with Crippen molar-refractivity contribution in [2.75, 3.05) is 13.2 Å². The number of hydrogen-bond acceptors (Lipinski definition) is 5. The van der Waals surface area contributed by atoms with E-state index in [0.717, 1.165) is 0 Å². The van der Waals surface area contributed by atoms with Crippen molar-refractivity contribution in [1.29, 1.82) is 0 Å². The zero-order chi connectivity index (χ0) is 17.1. The fourth-order valence-electron chi connectivity index (χ4n) is 2.53. The summed E-state index contributed by atoms with van der Waals surface area (Å²) in [5.41, 5.74) is 0.845. The van der Waals surface area contributed by atoms with Crippen LogP contribution in [0.15, 0.2) is 51.7 Å². The minimum Gasteiger partial charge on any atom is -0.487 e. The number of ether oxygens (including phenoxy) is 1. The van der Waals surface area contributed by atoms with Crippen LogP contribution >= 0.6 is 0 Å². The highest BCUT2D eigenvalue weighted by molar-refractivity contribution is 5.92. The Bertz CT molecular complexity index is 901. The molecular weight excluding hydrogens is 306 g/mol. The Morgan fingerprint density at radius 1 is 1.12 bits per heavy atom. The molecule has 1 aromatic heterocycles. The summed E-state index contributed by atoms with van der Waals surface area (Å²) in [6.07, 6.45) is -0.644. The molecule has 2 aromatic carbocycles. The van der Waals surface area contributed by atoms with E-state index in [1.54, 1.807) is 30.3 Å². The van der Waals surface area contributed by atoms with Gasteiger partial charge in [-0.2, -0.15) is 0 Å². The Kier molecular flexibility index (Phi) is 4.83. The smallest absolute Gasteiger partial charge is 0.200 e. The second-order valence-electron chi connectivity index (χ2n) is 6.09. The van der Waals surface area contributed by atoms with E-state index in [1.165, 1.54) is 0 Å². The molecule has 0 aliphatic heterocycles. The zero-order valence-corrected chi connectivity index (χ0v) is 13.8. The molecular formula is C19H21NO4. The third-order valence-electron chi connectivity index (χ3n) is 3.76. The van der Waals surface area contributed by atoms with Gasteiger partial charge >= 0.3 is 0 Å². The van der Waals surface area contributed by atoms with E-state index in [4.69, 9.17) is 9.15 Å². The Labute approximate surface area is 139 Å². The molecule has 3 aromatic rings. The van der Waals surface area contributed by atoms with Gasteiger partial charge in [0.2, 0.25) is 5.43 Å². The lowest BCUT2D eigenvalue weighted by atomic mass is 10.1. The second kappa shape index (κ2) is 7.03. The third kappa shape index (κ3) is 3.42. The maximum absolute atomic E-state index is 12.6. The lowest BCUT2D eigenvalue weighted by molar-refractivity contribution is 0.105. The van der Waals surface area contributed by atoms with E-state index in [9.17, 15) is 9.90 Å². The highest BCUT2D eigenvalue weighted by Crippen LogP contribution is 2.27. The van der Waals surface area contributed by atoms with Crippen molar-refractivity contribution in [3.05, 3.63) is 52.7 Å². The third-order valence-corrected chi connectivity index (χ3v) is 3.76. The molecule has 3 rings (SSSR count). The number of benzene rings is 2. The molecule has 1 heterocycles. The maximum Gasteiger partial charge on any atom is 0.200 e. The van der Waals surface area contributed by atoms with E-state index in [1.807, 2.05) is 26.0 Å². The molecule has 1 unspecified atom stereocenters. The quantitative estimate of drug-likeness (QED) is 0.681. The molecule has 126 valence electrons. The standard InChI is InChI=1S/C19H21NO4/c1-12(2)20-10-13(21)11-23-17-9-5-7-15-18(22)14-6-3-4-8-16(14)24-19(15)17/h3-9,12-13,20-21H,10-11H2,1-2H3. The van der Waals surface area contributed by atoms with Gasteiger partial charge < -0.3 is 19.6 Å². The number of rotatable bonds is 6. The summed E-state index contributed by atoms with van der Waals surface area (Å²) in [5, 5.41) is 14.1.